The number of aryl methyl sites for hydroxylation is 1. The molecule has 24 heavy (non-hydrogen) atoms. The summed E-state index contributed by atoms with van der Waals surface area (Å²) in [6, 6.07) is 8.99. The van der Waals surface area contributed by atoms with Gasteiger partial charge in [0.2, 0.25) is 0 Å². The Bertz CT molecular complexity index is 820. The van der Waals surface area contributed by atoms with Gasteiger partial charge in [0.25, 0.3) is 0 Å². The predicted molar refractivity (Wildman–Crippen MR) is 83.0 cm³/mol. The highest BCUT2D eigenvalue weighted by Crippen LogP contribution is 2.29. The van der Waals surface area contributed by atoms with Gasteiger partial charge < -0.3 is 9.73 Å². The van der Waals surface area contributed by atoms with Crippen molar-refractivity contribution in [3.05, 3.63) is 65.0 Å². The van der Waals surface area contributed by atoms with Crippen LogP contribution in [0.5, 0.6) is 0 Å². The Morgan fingerprint density at radius 1 is 1.17 bits per heavy atom. The van der Waals surface area contributed by atoms with Gasteiger partial charge in [-0.15, -0.1) is 0 Å². The molecule has 0 radical (unpaired) electrons. The van der Waals surface area contributed by atoms with Crippen LogP contribution in [0.4, 0.5) is 13.2 Å². The zero-order chi connectivity index (χ0) is 17.2. The zero-order valence-electron chi connectivity index (χ0n) is 12.9. The van der Waals surface area contributed by atoms with Crippen LogP contribution in [-0.4, -0.2) is 10.2 Å². The second kappa shape index (κ2) is 6.52. The molecule has 2 heterocycles. The van der Waals surface area contributed by atoms with E-state index in [0.29, 0.717) is 24.4 Å². The van der Waals surface area contributed by atoms with Gasteiger partial charge in [-0.1, -0.05) is 18.2 Å². The third-order valence-electron chi connectivity index (χ3n) is 3.60. The van der Waals surface area contributed by atoms with Crippen LogP contribution in [0.2, 0.25) is 0 Å². The van der Waals surface area contributed by atoms with E-state index in [0.717, 1.165) is 29.2 Å². The molecule has 0 fully saturated rings. The molecule has 3 aromatic rings. The van der Waals surface area contributed by atoms with Crippen molar-refractivity contribution in [1.29, 1.82) is 0 Å². The van der Waals surface area contributed by atoms with Crippen molar-refractivity contribution in [2.45, 2.75) is 26.2 Å². The fourth-order valence-electron chi connectivity index (χ4n) is 2.43. The zero-order valence-corrected chi connectivity index (χ0v) is 12.9. The molecule has 2 aromatic heterocycles. The summed E-state index contributed by atoms with van der Waals surface area (Å²) in [7, 11) is 0. The van der Waals surface area contributed by atoms with Crippen LogP contribution in [-0.2, 0) is 19.3 Å². The van der Waals surface area contributed by atoms with Crippen molar-refractivity contribution >= 4 is 0 Å². The molecule has 0 aliphatic carbocycles. The fraction of sp³-hybridized carbons (Fsp3) is 0.235. The number of benzene rings is 1. The molecule has 1 aromatic carbocycles. The van der Waals surface area contributed by atoms with Crippen LogP contribution in [0.1, 0.15) is 22.5 Å². The summed E-state index contributed by atoms with van der Waals surface area (Å²) in [5.74, 6) is 1.48. The van der Waals surface area contributed by atoms with Gasteiger partial charge in [-0.25, -0.2) is 0 Å². The summed E-state index contributed by atoms with van der Waals surface area (Å²) in [6.45, 7) is 2.64. The van der Waals surface area contributed by atoms with Gasteiger partial charge in [-0.05, 0) is 30.7 Å². The van der Waals surface area contributed by atoms with Crippen LogP contribution < -0.4 is 5.32 Å². The molecule has 0 saturated carbocycles. The van der Waals surface area contributed by atoms with Crippen molar-refractivity contribution in [1.82, 2.24) is 15.5 Å². The van der Waals surface area contributed by atoms with E-state index in [1.807, 2.05) is 19.1 Å². The number of halogens is 3. The van der Waals surface area contributed by atoms with Crippen LogP contribution in [0.25, 0.3) is 11.5 Å². The van der Waals surface area contributed by atoms with Crippen molar-refractivity contribution in [3.8, 4) is 11.5 Å². The Balaban J connectivity index is 1.65. The van der Waals surface area contributed by atoms with Gasteiger partial charge in [0.15, 0.2) is 5.76 Å². The minimum atomic E-state index is -4.33. The number of hydrogen-bond acceptors (Lipinski definition) is 3. The highest BCUT2D eigenvalue weighted by Gasteiger charge is 2.30. The number of nitrogens with zero attached hydrogens (tertiary/aromatic N) is 1. The summed E-state index contributed by atoms with van der Waals surface area (Å²) >= 11 is 0. The molecule has 0 atom stereocenters. The summed E-state index contributed by atoms with van der Waals surface area (Å²) in [4.78, 5) is 0. The largest absolute Gasteiger partial charge is 0.460 e. The number of nitrogens with one attached hydrogen (secondary N) is 2. The normalized spacial score (nSPS) is 11.8. The molecule has 0 saturated heterocycles. The van der Waals surface area contributed by atoms with E-state index in [1.165, 1.54) is 6.07 Å². The molecule has 3 rings (SSSR count). The SMILES string of the molecule is Cc1ccc(-c2[nH]ncc2CNCc2cccc(C(F)(F)F)c2)o1. The number of aromatic nitrogens is 2. The maximum atomic E-state index is 12.7. The van der Waals surface area contributed by atoms with Gasteiger partial charge in [0, 0.05) is 18.7 Å². The van der Waals surface area contributed by atoms with E-state index in [9.17, 15) is 13.2 Å². The van der Waals surface area contributed by atoms with Crippen molar-refractivity contribution < 1.29 is 17.6 Å². The average molecular weight is 335 g/mol. The Kier molecular flexibility index (Phi) is 4.44. The quantitative estimate of drug-likeness (QED) is 0.731. The van der Waals surface area contributed by atoms with Gasteiger partial charge >= 0.3 is 6.18 Å². The number of alkyl halides is 3. The lowest BCUT2D eigenvalue weighted by molar-refractivity contribution is -0.137. The monoisotopic (exact) mass is 335 g/mol. The molecule has 7 heteroatoms. The van der Waals surface area contributed by atoms with E-state index < -0.39 is 11.7 Å². The second-order valence-corrected chi connectivity index (χ2v) is 5.48. The summed E-state index contributed by atoms with van der Waals surface area (Å²) < 4.78 is 43.7. The Morgan fingerprint density at radius 2 is 2.00 bits per heavy atom. The fourth-order valence-corrected chi connectivity index (χ4v) is 2.43. The van der Waals surface area contributed by atoms with E-state index >= 15 is 0 Å². The molecule has 0 amide bonds. The summed E-state index contributed by atoms with van der Waals surface area (Å²) in [5.41, 5.74) is 1.58. The number of rotatable bonds is 5. The van der Waals surface area contributed by atoms with E-state index in [1.54, 1.807) is 12.3 Å². The smallest absolute Gasteiger partial charge is 0.416 e. The van der Waals surface area contributed by atoms with Gasteiger partial charge in [-0.3, -0.25) is 5.10 Å². The van der Waals surface area contributed by atoms with E-state index in [4.69, 9.17) is 4.42 Å². The molecule has 2 N–H and O–H groups in total. The first kappa shape index (κ1) is 16.3. The molecule has 0 aliphatic rings. The highest BCUT2D eigenvalue weighted by atomic mass is 19.4. The molecular formula is C17H16F3N3O. The van der Waals surface area contributed by atoms with E-state index in [-0.39, 0.29) is 0 Å². The van der Waals surface area contributed by atoms with E-state index in [2.05, 4.69) is 15.5 Å². The molecule has 4 nitrogen and oxygen atoms in total. The lowest BCUT2D eigenvalue weighted by Crippen LogP contribution is -2.14. The standard InChI is InChI=1S/C17H16F3N3O/c1-11-5-6-15(24-11)16-13(10-22-23-16)9-21-8-12-3-2-4-14(7-12)17(18,19)20/h2-7,10,21H,8-9H2,1H3,(H,22,23). The first-order valence-corrected chi connectivity index (χ1v) is 7.39. The molecular weight excluding hydrogens is 319 g/mol. The summed E-state index contributed by atoms with van der Waals surface area (Å²) in [6.07, 6.45) is -2.66. The molecule has 126 valence electrons. The lowest BCUT2D eigenvalue weighted by atomic mass is 10.1. The van der Waals surface area contributed by atoms with Crippen molar-refractivity contribution in [2.75, 3.05) is 0 Å². The Labute approximate surface area is 136 Å². The Morgan fingerprint density at radius 3 is 2.71 bits per heavy atom. The third kappa shape index (κ3) is 3.68. The number of furan rings is 1. The van der Waals surface area contributed by atoms with Gasteiger partial charge in [0.05, 0.1) is 11.8 Å². The molecule has 0 unspecified atom stereocenters. The number of hydrogen-bond donors (Lipinski definition) is 2. The minimum absolute atomic E-state index is 0.325. The maximum absolute atomic E-state index is 12.7. The topological polar surface area (TPSA) is 53.9 Å². The van der Waals surface area contributed by atoms with Gasteiger partial charge in [-0.2, -0.15) is 18.3 Å². The van der Waals surface area contributed by atoms with Crippen LogP contribution in [0, 0.1) is 6.92 Å². The molecule has 0 spiro atoms. The highest BCUT2D eigenvalue weighted by molar-refractivity contribution is 5.56. The minimum Gasteiger partial charge on any atom is -0.460 e. The Hall–Kier alpha value is -2.54. The molecule has 0 aliphatic heterocycles. The van der Waals surface area contributed by atoms with Gasteiger partial charge in [0.1, 0.15) is 11.5 Å². The predicted octanol–water partition coefficient (Wildman–Crippen LogP) is 4.29. The summed E-state index contributed by atoms with van der Waals surface area (Å²) in [5, 5.41) is 10.0. The first-order chi connectivity index (χ1) is 11.4. The lowest BCUT2D eigenvalue weighted by Gasteiger charge is -2.09. The van der Waals surface area contributed by atoms with Crippen molar-refractivity contribution in [3.63, 3.8) is 0 Å². The van der Waals surface area contributed by atoms with Crippen LogP contribution >= 0.6 is 0 Å². The maximum Gasteiger partial charge on any atom is 0.416 e. The average Bonchev–Trinajstić information content (AvgIpc) is 3.15. The second-order valence-electron chi connectivity index (χ2n) is 5.48. The third-order valence-corrected chi connectivity index (χ3v) is 3.60. The van der Waals surface area contributed by atoms with Crippen LogP contribution in [0.15, 0.2) is 47.0 Å². The van der Waals surface area contributed by atoms with Crippen molar-refractivity contribution in [2.24, 2.45) is 0 Å². The number of H-pyrrole nitrogens is 1. The first-order valence-electron chi connectivity index (χ1n) is 7.39. The number of aromatic amines is 1. The van der Waals surface area contributed by atoms with Crippen LogP contribution in [0.3, 0.4) is 0 Å². The molecule has 0 bridgehead atoms.